The minimum absolute atomic E-state index is 0.348. The summed E-state index contributed by atoms with van der Waals surface area (Å²) in [7, 11) is 1.31. The molecule has 0 radical (unpaired) electrons. The van der Waals surface area contributed by atoms with E-state index in [-0.39, 0.29) is 5.82 Å². The summed E-state index contributed by atoms with van der Waals surface area (Å²) in [6.07, 6.45) is 2.12. The highest BCUT2D eigenvalue weighted by molar-refractivity contribution is 5.95. The van der Waals surface area contributed by atoms with E-state index in [9.17, 15) is 9.18 Å². The fourth-order valence-corrected chi connectivity index (χ4v) is 2.17. The van der Waals surface area contributed by atoms with Crippen LogP contribution in [0.3, 0.4) is 0 Å². The molecule has 1 heterocycles. The number of esters is 1. The number of carbonyl (C=O) groups is 1. The van der Waals surface area contributed by atoms with Crippen LogP contribution in [0, 0.1) is 11.7 Å². The van der Waals surface area contributed by atoms with Gasteiger partial charge in [-0.2, -0.15) is 0 Å². The number of rotatable bonds is 4. The van der Waals surface area contributed by atoms with Crippen LogP contribution in [-0.4, -0.2) is 32.8 Å². The molecule has 1 fully saturated rings. The quantitative estimate of drug-likeness (QED) is 0.851. The van der Waals surface area contributed by atoms with Crippen LogP contribution in [0.15, 0.2) is 18.2 Å². The summed E-state index contributed by atoms with van der Waals surface area (Å²) in [6, 6.07) is 4.00. The van der Waals surface area contributed by atoms with Gasteiger partial charge in [0.05, 0.1) is 25.0 Å². The normalized spacial score (nSPS) is 18.9. The van der Waals surface area contributed by atoms with E-state index < -0.39 is 5.97 Å². The van der Waals surface area contributed by atoms with Gasteiger partial charge >= 0.3 is 5.97 Å². The Kier molecular flexibility index (Phi) is 4.74. The Morgan fingerprint density at radius 1 is 1.58 bits per heavy atom. The molecule has 19 heavy (non-hydrogen) atoms. The third-order valence-corrected chi connectivity index (χ3v) is 3.22. The monoisotopic (exact) mass is 267 g/mol. The Morgan fingerprint density at radius 3 is 3.11 bits per heavy atom. The van der Waals surface area contributed by atoms with Crippen molar-refractivity contribution in [2.75, 3.05) is 32.2 Å². The Labute approximate surface area is 111 Å². The Balaban J connectivity index is 2.05. The highest BCUT2D eigenvalue weighted by Gasteiger charge is 2.16. The SMILES string of the molecule is COC(=O)c1ccc(F)cc1NC[C@@H]1CCCOC1. The van der Waals surface area contributed by atoms with Crippen molar-refractivity contribution in [2.24, 2.45) is 5.92 Å². The first-order valence-corrected chi connectivity index (χ1v) is 6.40. The zero-order valence-electron chi connectivity index (χ0n) is 10.9. The van der Waals surface area contributed by atoms with Crippen molar-refractivity contribution in [2.45, 2.75) is 12.8 Å². The van der Waals surface area contributed by atoms with Crippen LogP contribution in [0.2, 0.25) is 0 Å². The van der Waals surface area contributed by atoms with Gasteiger partial charge in [-0.05, 0) is 37.0 Å². The van der Waals surface area contributed by atoms with Crippen molar-refractivity contribution in [3.8, 4) is 0 Å². The number of hydrogen-bond donors (Lipinski definition) is 1. The molecule has 1 atom stereocenters. The molecule has 1 saturated heterocycles. The third kappa shape index (κ3) is 3.67. The minimum atomic E-state index is -0.470. The highest BCUT2D eigenvalue weighted by atomic mass is 19.1. The zero-order valence-corrected chi connectivity index (χ0v) is 10.9. The summed E-state index contributed by atoms with van der Waals surface area (Å²) < 4.78 is 23.3. The number of methoxy groups -OCH3 is 1. The van der Waals surface area contributed by atoms with E-state index in [0.717, 1.165) is 19.4 Å². The highest BCUT2D eigenvalue weighted by Crippen LogP contribution is 2.20. The van der Waals surface area contributed by atoms with Crippen molar-refractivity contribution in [3.05, 3.63) is 29.6 Å². The molecule has 1 aromatic rings. The molecule has 1 N–H and O–H groups in total. The number of ether oxygens (including phenoxy) is 2. The van der Waals surface area contributed by atoms with E-state index in [1.54, 1.807) is 0 Å². The number of halogens is 1. The second-order valence-corrected chi connectivity index (χ2v) is 4.65. The predicted octanol–water partition coefficient (Wildman–Crippen LogP) is 2.45. The van der Waals surface area contributed by atoms with Gasteiger partial charge in [-0.15, -0.1) is 0 Å². The van der Waals surface area contributed by atoms with Gasteiger partial charge in [0, 0.05) is 13.2 Å². The molecule has 5 heteroatoms. The lowest BCUT2D eigenvalue weighted by Crippen LogP contribution is -2.25. The van der Waals surface area contributed by atoms with Crippen molar-refractivity contribution in [3.63, 3.8) is 0 Å². The number of nitrogens with one attached hydrogen (secondary N) is 1. The molecule has 104 valence electrons. The van der Waals surface area contributed by atoms with Gasteiger partial charge in [0.2, 0.25) is 0 Å². The van der Waals surface area contributed by atoms with E-state index in [2.05, 4.69) is 10.1 Å². The Morgan fingerprint density at radius 2 is 2.42 bits per heavy atom. The number of benzene rings is 1. The standard InChI is InChI=1S/C14H18FNO3/c1-18-14(17)12-5-4-11(15)7-13(12)16-8-10-3-2-6-19-9-10/h4-5,7,10,16H,2-3,6,8-9H2,1H3/t10-/m0/s1. The summed E-state index contributed by atoms with van der Waals surface area (Å²) >= 11 is 0. The first-order chi connectivity index (χ1) is 9.20. The molecular formula is C14H18FNO3. The molecule has 2 rings (SSSR count). The van der Waals surface area contributed by atoms with Gasteiger partial charge in [-0.3, -0.25) is 0 Å². The van der Waals surface area contributed by atoms with Crippen LogP contribution < -0.4 is 5.32 Å². The maximum Gasteiger partial charge on any atom is 0.339 e. The van der Waals surface area contributed by atoms with Crippen molar-refractivity contribution < 1.29 is 18.7 Å². The first kappa shape index (κ1) is 13.8. The summed E-state index contributed by atoms with van der Waals surface area (Å²) in [4.78, 5) is 11.6. The van der Waals surface area contributed by atoms with Crippen LogP contribution >= 0.6 is 0 Å². The first-order valence-electron chi connectivity index (χ1n) is 6.40. The molecule has 1 aliphatic rings. The maximum absolute atomic E-state index is 13.3. The fraction of sp³-hybridized carbons (Fsp3) is 0.500. The van der Waals surface area contributed by atoms with Crippen molar-refractivity contribution in [1.29, 1.82) is 0 Å². The zero-order chi connectivity index (χ0) is 13.7. The summed E-state index contributed by atoms with van der Waals surface area (Å²) in [5.74, 6) is -0.458. The smallest absolute Gasteiger partial charge is 0.339 e. The van der Waals surface area contributed by atoms with E-state index >= 15 is 0 Å². The van der Waals surface area contributed by atoms with Crippen LogP contribution in [0.1, 0.15) is 23.2 Å². The molecule has 0 bridgehead atoms. The van der Waals surface area contributed by atoms with Crippen molar-refractivity contribution >= 4 is 11.7 Å². The van der Waals surface area contributed by atoms with Crippen LogP contribution in [0.25, 0.3) is 0 Å². The van der Waals surface area contributed by atoms with Gasteiger partial charge in [-0.25, -0.2) is 9.18 Å². The number of anilines is 1. The average molecular weight is 267 g/mol. The molecule has 0 amide bonds. The Hall–Kier alpha value is -1.62. The average Bonchev–Trinajstić information content (AvgIpc) is 2.45. The van der Waals surface area contributed by atoms with E-state index in [4.69, 9.17) is 4.74 Å². The largest absolute Gasteiger partial charge is 0.465 e. The molecule has 0 saturated carbocycles. The number of hydrogen-bond acceptors (Lipinski definition) is 4. The molecule has 0 aliphatic carbocycles. The van der Waals surface area contributed by atoms with Gasteiger partial charge in [0.15, 0.2) is 0 Å². The second kappa shape index (κ2) is 6.52. The van der Waals surface area contributed by atoms with Crippen molar-refractivity contribution in [1.82, 2.24) is 0 Å². The predicted molar refractivity (Wildman–Crippen MR) is 69.8 cm³/mol. The summed E-state index contributed by atoms with van der Waals surface area (Å²) in [5, 5.41) is 3.12. The minimum Gasteiger partial charge on any atom is -0.465 e. The molecule has 0 aromatic heterocycles. The lowest BCUT2D eigenvalue weighted by atomic mass is 10.0. The third-order valence-electron chi connectivity index (χ3n) is 3.22. The molecule has 0 spiro atoms. The van der Waals surface area contributed by atoms with Gasteiger partial charge in [0.1, 0.15) is 5.82 Å². The second-order valence-electron chi connectivity index (χ2n) is 4.65. The van der Waals surface area contributed by atoms with E-state index in [1.807, 2.05) is 0 Å². The van der Waals surface area contributed by atoms with E-state index in [0.29, 0.717) is 30.3 Å². The van der Waals surface area contributed by atoms with Gasteiger partial charge in [-0.1, -0.05) is 0 Å². The lowest BCUT2D eigenvalue weighted by Gasteiger charge is -2.23. The van der Waals surface area contributed by atoms with Crippen LogP contribution in [0.5, 0.6) is 0 Å². The number of carbonyl (C=O) groups excluding carboxylic acids is 1. The lowest BCUT2D eigenvalue weighted by molar-refractivity contribution is 0.0592. The van der Waals surface area contributed by atoms with Crippen LogP contribution in [0.4, 0.5) is 10.1 Å². The molecule has 0 unspecified atom stereocenters. The molecule has 1 aromatic carbocycles. The fourth-order valence-electron chi connectivity index (χ4n) is 2.17. The molecule has 4 nitrogen and oxygen atoms in total. The van der Waals surface area contributed by atoms with Gasteiger partial charge in [0.25, 0.3) is 0 Å². The maximum atomic E-state index is 13.3. The van der Waals surface area contributed by atoms with Crippen LogP contribution in [-0.2, 0) is 9.47 Å². The molecule has 1 aliphatic heterocycles. The summed E-state index contributed by atoms with van der Waals surface area (Å²) in [5.41, 5.74) is 0.818. The molecular weight excluding hydrogens is 249 g/mol. The summed E-state index contributed by atoms with van der Waals surface area (Å²) in [6.45, 7) is 2.17. The Bertz CT molecular complexity index is 444. The van der Waals surface area contributed by atoms with Gasteiger partial charge < -0.3 is 14.8 Å². The topological polar surface area (TPSA) is 47.6 Å². The van der Waals surface area contributed by atoms with E-state index in [1.165, 1.54) is 25.3 Å².